The van der Waals surface area contributed by atoms with Crippen molar-refractivity contribution in [2.75, 3.05) is 13.2 Å². The lowest BCUT2D eigenvalue weighted by Crippen LogP contribution is -2.47. The molecule has 182 valence electrons. The fourth-order valence-corrected chi connectivity index (χ4v) is 4.37. The smallest absolute Gasteiger partial charge is 0.407 e. The molecule has 0 aromatic heterocycles. The Morgan fingerprint density at radius 2 is 1.59 bits per heavy atom. The third-order valence-electron chi connectivity index (χ3n) is 6.17. The molecular formula is C27H34N2O5. The third kappa shape index (κ3) is 6.83. The van der Waals surface area contributed by atoms with Gasteiger partial charge in [-0.1, -0.05) is 74.7 Å². The van der Waals surface area contributed by atoms with Crippen LogP contribution >= 0.6 is 0 Å². The van der Waals surface area contributed by atoms with Crippen LogP contribution in [-0.4, -0.2) is 42.3 Å². The predicted molar refractivity (Wildman–Crippen MR) is 131 cm³/mol. The number of carboxylic acid groups (broad SMARTS) is 1. The highest BCUT2D eigenvalue weighted by Crippen LogP contribution is 2.44. The van der Waals surface area contributed by atoms with Crippen LogP contribution in [0.3, 0.4) is 0 Å². The Morgan fingerprint density at radius 3 is 2.21 bits per heavy atom. The van der Waals surface area contributed by atoms with Gasteiger partial charge in [0.1, 0.15) is 12.6 Å². The summed E-state index contributed by atoms with van der Waals surface area (Å²) in [5, 5.41) is 14.3. The van der Waals surface area contributed by atoms with E-state index in [-0.39, 0.29) is 24.9 Å². The lowest BCUT2D eigenvalue weighted by Gasteiger charge is -2.19. The Kier molecular flexibility index (Phi) is 9.50. The molecule has 2 aromatic rings. The number of aliphatic carboxylic acids is 1. The maximum atomic E-state index is 12.6. The van der Waals surface area contributed by atoms with E-state index in [2.05, 4.69) is 34.9 Å². The van der Waals surface area contributed by atoms with E-state index in [0.29, 0.717) is 25.8 Å². The molecule has 0 bridgehead atoms. The SMILES string of the molecule is CCCC[C@H](NC(=O)OCC1c2ccccc2-c2ccccc21)C(=O)NCCCCCC(=O)O. The van der Waals surface area contributed by atoms with E-state index in [9.17, 15) is 14.4 Å². The van der Waals surface area contributed by atoms with E-state index in [4.69, 9.17) is 9.84 Å². The summed E-state index contributed by atoms with van der Waals surface area (Å²) < 4.78 is 5.59. The van der Waals surface area contributed by atoms with E-state index < -0.39 is 18.1 Å². The van der Waals surface area contributed by atoms with Gasteiger partial charge in [0.2, 0.25) is 5.91 Å². The molecule has 1 atom stereocenters. The largest absolute Gasteiger partial charge is 0.481 e. The number of rotatable bonds is 13. The van der Waals surface area contributed by atoms with Gasteiger partial charge in [0.25, 0.3) is 0 Å². The first-order valence-electron chi connectivity index (χ1n) is 12.1. The van der Waals surface area contributed by atoms with Crippen molar-refractivity contribution < 1.29 is 24.2 Å². The van der Waals surface area contributed by atoms with Crippen molar-refractivity contribution in [1.29, 1.82) is 0 Å². The second kappa shape index (κ2) is 12.8. The summed E-state index contributed by atoms with van der Waals surface area (Å²) in [6, 6.07) is 15.6. The first kappa shape index (κ1) is 25.3. The number of fused-ring (bicyclic) bond motifs is 3. The number of amides is 2. The minimum atomic E-state index is -0.809. The summed E-state index contributed by atoms with van der Waals surface area (Å²) in [6.07, 6.45) is 3.80. The summed E-state index contributed by atoms with van der Waals surface area (Å²) in [4.78, 5) is 35.8. The summed E-state index contributed by atoms with van der Waals surface area (Å²) >= 11 is 0. The lowest BCUT2D eigenvalue weighted by molar-refractivity contribution is -0.137. The standard InChI is InChI=1S/C27H34N2O5/c1-2-3-15-24(26(32)28-17-10-4-5-16-25(30)31)29-27(33)34-18-23-21-13-8-6-11-19(21)20-12-7-9-14-22(20)23/h6-9,11-14,23-24H,2-5,10,15-18H2,1H3,(H,28,32)(H,29,33)(H,30,31)/t24-/m0/s1. The molecule has 2 amide bonds. The molecule has 34 heavy (non-hydrogen) atoms. The number of nitrogens with one attached hydrogen (secondary N) is 2. The fourth-order valence-electron chi connectivity index (χ4n) is 4.37. The number of carboxylic acids is 1. The van der Waals surface area contributed by atoms with Crippen molar-refractivity contribution in [3.05, 3.63) is 59.7 Å². The second-order valence-corrected chi connectivity index (χ2v) is 8.66. The maximum absolute atomic E-state index is 12.6. The van der Waals surface area contributed by atoms with E-state index in [1.54, 1.807) is 0 Å². The number of benzene rings is 2. The van der Waals surface area contributed by atoms with Crippen molar-refractivity contribution in [3.8, 4) is 11.1 Å². The van der Waals surface area contributed by atoms with Crippen LogP contribution in [0.5, 0.6) is 0 Å². The van der Waals surface area contributed by atoms with Crippen molar-refractivity contribution in [2.24, 2.45) is 0 Å². The van der Waals surface area contributed by atoms with Gasteiger partial charge in [0, 0.05) is 18.9 Å². The van der Waals surface area contributed by atoms with E-state index in [0.717, 1.165) is 41.5 Å². The molecule has 7 nitrogen and oxygen atoms in total. The highest BCUT2D eigenvalue weighted by atomic mass is 16.5. The second-order valence-electron chi connectivity index (χ2n) is 8.66. The first-order valence-corrected chi connectivity index (χ1v) is 12.1. The molecule has 0 radical (unpaired) electrons. The number of hydrogen-bond acceptors (Lipinski definition) is 4. The molecule has 3 N–H and O–H groups in total. The normalized spacial score (nSPS) is 13.0. The van der Waals surface area contributed by atoms with E-state index >= 15 is 0 Å². The van der Waals surface area contributed by atoms with Crippen LogP contribution in [0.25, 0.3) is 11.1 Å². The Bertz CT molecular complexity index is 945. The minimum Gasteiger partial charge on any atom is -0.481 e. The quantitative estimate of drug-likeness (QED) is 0.366. The van der Waals surface area contributed by atoms with Gasteiger partial charge in [-0.05, 0) is 41.5 Å². The van der Waals surface area contributed by atoms with Gasteiger partial charge in [0.05, 0.1) is 0 Å². The Hall–Kier alpha value is -3.35. The van der Waals surface area contributed by atoms with Gasteiger partial charge < -0.3 is 20.5 Å². The maximum Gasteiger partial charge on any atom is 0.407 e. The number of carbonyl (C=O) groups excluding carboxylic acids is 2. The summed E-state index contributed by atoms with van der Waals surface area (Å²) in [5.41, 5.74) is 4.60. The summed E-state index contributed by atoms with van der Waals surface area (Å²) in [7, 11) is 0. The molecule has 0 fully saturated rings. The highest BCUT2D eigenvalue weighted by molar-refractivity contribution is 5.85. The van der Waals surface area contributed by atoms with Crippen molar-refractivity contribution in [1.82, 2.24) is 10.6 Å². The molecule has 2 aromatic carbocycles. The number of carbonyl (C=O) groups is 3. The molecule has 0 saturated heterocycles. The van der Waals surface area contributed by atoms with Gasteiger partial charge in [-0.15, -0.1) is 0 Å². The van der Waals surface area contributed by atoms with E-state index in [1.807, 2.05) is 31.2 Å². The molecule has 0 aliphatic heterocycles. The Balaban J connectivity index is 1.52. The van der Waals surface area contributed by atoms with Crippen LogP contribution in [-0.2, 0) is 14.3 Å². The molecular weight excluding hydrogens is 432 g/mol. The van der Waals surface area contributed by atoms with Gasteiger partial charge in [-0.25, -0.2) is 4.79 Å². The molecule has 0 saturated carbocycles. The molecule has 1 aliphatic carbocycles. The Morgan fingerprint density at radius 1 is 0.941 bits per heavy atom. The van der Waals surface area contributed by atoms with Gasteiger partial charge in [-0.3, -0.25) is 9.59 Å². The Labute approximate surface area is 200 Å². The minimum absolute atomic E-state index is 0.0353. The number of ether oxygens (including phenoxy) is 1. The number of alkyl carbamates (subject to hydrolysis) is 1. The molecule has 0 unspecified atom stereocenters. The van der Waals surface area contributed by atoms with E-state index in [1.165, 1.54) is 0 Å². The first-order chi connectivity index (χ1) is 16.5. The lowest BCUT2D eigenvalue weighted by atomic mass is 9.98. The van der Waals surface area contributed by atoms with Crippen LogP contribution in [0.4, 0.5) is 4.79 Å². The van der Waals surface area contributed by atoms with Gasteiger partial charge in [0.15, 0.2) is 0 Å². The monoisotopic (exact) mass is 466 g/mol. The number of unbranched alkanes of at least 4 members (excludes halogenated alkanes) is 3. The molecule has 1 aliphatic rings. The van der Waals surface area contributed by atoms with Crippen LogP contribution in [0.2, 0.25) is 0 Å². The third-order valence-corrected chi connectivity index (χ3v) is 6.17. The number of hydrogen-bond donors (Lipinski definition) is 3. The molecule has 0 spiro atoms. The zero-order valence-electron chi connectivity index (χ0n) is 19.7. The van der Waals surface area contributed by atoms with Gasteiger partial charge in [-0.2, -0.15) is 0 Å². The molecule has 7 heteroatoms. The van der Waals surface area contributed by atoms with Crippen molar-refractivity contribution in [2.45, 2.75) is 63.8 Å². The van der Waals surface area contributed by atoms with Crippen LogP contribution in [0.15, 0.2) is 48.5 Å². The molecule has 3 rings (SSSR count). The zero-order valence-corrected chi connectivity index (χ0v) is 19.7. The average molecular weight is 467 g/mol. The molecule has 0 heterocycles. The van der Waals surface area contributed by atoms with Crippen LogP contribution < -0.4 is 10.6 Å². The van der Waals surface area contributed by atoms with Crippen LogP contribution in [0.1, 0.15) is 68.9 Å². The summed E-state index contributed by atoms with van der Waals surface area (Å²) in [6.45, 7) is 2.68. The summed E-state index contributed by atoms with van der Waals surface area (Å²) in [5.74, 6) is -1.08. The fraction of sp³-hybridized carbons (Fsp3) is 0.444. The van der Waals surface area contributed by atoms with Crippen LogP contribution in [0, 0.1) is 0 Å². The zero-order chi connectivity index (χ0) is 24.3. The average Bonchev–Trinajstić information content (AvgIpc) is 3.16. The van der Waals surface area contributed by atoms with Gasteiger partial charge >= 0.3 is 12.1 Å². The highest BCUT2D eigenvalue weighted by Gasteiger charge is 2.29. The van der Waals surface area contributed by atoms with Crippen molar-refractivity contribution >= 4 is 18.0 Å². The van der Waals surface area contributed by atoms with Crippen molar-refractivity contribution in [3.63, 3.8) is 0 Å². The predicted octanol–water partition coefficient (Wildman–Crippen LogP) is 4.85. The topological polar surface area (TPSA) is 105 Å².